The maximum atomic E-state index is 12.9. The molecule has 3 aliphatic rings. The van der Waals surface area contributed by atoms with Crippen LogP contribution < -0.4 is 4.74 Å². The molecular formula is C18H24N4O4. The van der Waals surface area contributed by atoms with E-state index in [0.717, 1.165) is 19.3 Å². The van der Waals surface area contributed by atoms with Crippen LogP contribution in [0.15, 0.2) is 18.3 Å². The van der Waals surface area contributed by atoms with Gasteiger partial charge in [-0.25, -0.2) is 0 Å². The highest BCUT2D eigenvalue weighted by molar-refractivity contribution is 5.89. The molecule has 2 atom stereocenters. The number of aromatic nitrogens is 2. The van der Waals surface area contributed by atoms with E-state index in [1.165, 1.54) is 0 Å². The van der Waals surface area contributed by atoms with Gasteiger partial charge in [-0.05, 0) is 18.9 Å². The van der Waals surface area contributed by atoms with Crippen LogP contribution >= 0.6 is 0 Å². The van der Waals surface area contributed by atoms with Crippen molar-refractivity contribution in [3.63, 3.8) is 0 Å². The standard InChI is InChI=1S/C18H24N4O4/c23-17-10-13(11-22(17)14-4-8-25-9-5-14)18(24)21-7-3-15(12-21)26-16-2-1-6-19-20-16/h1-2,6,13-15H,3-5,7-12H2/t13-,15+/m0/s1. The van der Waals surface area contributed by atoms with Gasteiger partial charge in [-0.15, -0.1) is 5.10 Å². The van der Waals surface area contributed by atoms with Crippen molar-refractivity contribution in [1.82, 2.24) is 20.0 Å². The summed E-state index contributed by atoms with van der Waals surface area (Å²) in [6.07, 6.45) is 4.35. The minimum Gasteiger partial charge on any atom is -0.471 e. The molecule has 8 nitrogen and oxygen atoms in total. The third-order valence-electron chi connectivity index (χ3n) is 5.43. The van der Waals surface area contributed by atoms with Crippen molar-refractivity contribution < 1.29 is 19.1 Å². The highest BCUT2D eigenvalue weighted by atomic mass is 16.5. The average Bonchev–Trinajstić information content (AvgIpc) is 3.29. The maximum Gasteiger partial charge on any atom is 0.233 e. The van der Waals surface area contributed by atoms with Gasteiger partial charge in [0.1, 0.15) is 6.10 Å². The monoisotopic (exact) mass is 360 g/mol. The Morgan fingerprint density at radius 2 is 2.08 bits per heavy atom. The Labute approximate surface area is 152 Å². The summed E-state index contributed by atoms with van der Waals surface area (Å²) in [4.78, 5) is 29.0. The predicted molar refractivity (Wildman–Crippen MR) is 91.3 cm³/mol. The van der Waals surface area contributed by atoms with E-state index in [0.29, 0.717) is 45.1 Å². The fourth-order valence-electron chi connectivity index (χ4n) is 4.05. The van der Waals surface area contributed by atoms with E-state index < -0.39 is 0 Å². The zero-order valence-corrected chi connectivity index (χ0v) is 14.7. The maximum absolute atomic E-state index is 12.9. The zero-order valence-electron chi connectivity index (χ0n) is 14.7. The van der Waals surface area contributed by atoms with E-state index in [4.69, 9.17) is 9.47 Å². The molecule has 0 aromatic carbocycles. The van der Waals surface area contributed by atoms with Crippen LogP contribution in [0.5, 0.6) is 5.88 Å². The van der Waals surface area contributed by atoms with Crippen LogP contribution in [0.25, 0.3) is 0 Å². The van der Waals surface area contributed by atoms with Crippen LogP contribution in [0, 0.1) is 5.92 Å². The first-order valence-corrected chi connectivity index (χ1v) is 9.31. The SMILES string of the molecule is O=C([C@H]1CC(=O)N(C2CCOCC2)C1)N1CC[C@@H](Oc2cccnn2)C1. The Balaban J connectivity index is 1.31. The first kappa shape index (κ1) is 17.2. The summed E-state index contributed by atoms with van der Waals surface area (Å²) in [7, 11) is 0. The Kier molecular flexibility index (Phi) is 5.01. The van der Waals surface area contributed by atoms with Gasteiger partial charge in [0, 0.05) is 57.4 Å². The normalized spacial score (nSPS) is 27.2. The van der Waals surface area contributed by atoms with E-state index in [9.17, 15) is 9.59 Å². The van der Waals surface area contributed by atoms with Crippen molar-refractivity contribution in [2.24, 2.45) is 5.92 Å². The van der Waals surface area contributed by atoms with Crippen LogP contribution in [0.1, 0.15) is 25.7 Å². The molecule has 1 aromatic rings. The molecule has 140 valence electrons. The molecule has 3 aliphatic heterocycles. The second kappa shape index (κ2) is 7.57. The lowest BCUT2D eigenvalue weighted by atomic mass is 10.1. The van der Waals surface area contributed by atoms with Crippen LogP contribution in [0.2, 0.25) is 0 Å². The molecule has 0 bridgehead atoms. The topological polar surface area (TPSA) is 84.9 Å². The molecule has 1 aromatic heterocycles. The number of likely N-dealkylation sites (tertiary alicyclic amines) is 2. The summed E-state index contributed by atoms with van der Waals surface area (Å²) >= 11 is 0. The number of amides is 2. The largest absolute Gasteiger partial charge is 0.471 e. The lowest BCUT2D eigenvalue weighted by Crippen LogP contribution is -2.42. The second-order valence-electron chi connectivity index (χ2n) is 7.17. The molecule has 4 rings (SSSR count). The Morgan fingerprint density at radius 1 is 1.23 bits per heavy atom. The summed E-state index contributed by atoms with van der Waals surface area (Å²) < 4.78 is 11.2. The van der Waals surface area contributed by atoms with E-state index >= 15 is 0 Å². The highest BCUT2D eigenvalue weighted by Gasteiger charge is 2.41. The minimum atomic E-state index is -0.236. The number of carbonyl (C=O) groups is 2. The number of nitrogens with zero attached hydrogens (tertiary/aromatic N) is 4. The lowest BCUT2D eigenvalue weighted by molar-refractivity contribution is -0.135. The first-order chi connectivity index (χ1) is 12.7. The molecule has 3 saturated heterocycles. The molecule has 0 unspecified atom stereocenters. The number of hydrogen-bond donors (Lipinski definition) is 0. The van der Waals surface area contributed by atoms with Crippen molar-refractivity contribution in [2.75, 3.05) is 32.8 Å². The summed E-state index contributed by atoms with van der Waals surface area (Å²) in [5.41, 5.74) is 0. The third kappa shape index (κ3) is 3.65. The van der Waals surface area contributed by atoms with E-state index in [1.807, 2.05) is 9.80 Å². The Bertz CT molecular complexity index is 650. The predicted octanol–water partition coefficient (Wildman–Crippen LogP) is 0.484. The van der Waals surface area contributed by atoms with Gasteiger partial charge in [0.05, 0.1) is 12.5 Å². The number of hydrogen-bond acceptors (Lipinski definition) is 6. The van der Waals surface area contributed by atoms with Gasteiger partial charge in [-0.3, -0.25) is 9.59 Å². The molecule has 26 heavy (non-hydrogen) atoms. The van der Waals surface area contributed by atoms with Crippen molar-refractivity contribution in [1.29, 1.82) is 0 Å². The fraction of sp³-hybridized carbons (Fsp3) is 0.667. The number of rotatable bonds is 4. The zero-order chi connectivity index (χ0) is 17.9. The van der Waals surface area contributed by atoms with Gasteiger partial charge >= 0.3 is 0 Å². The third-order valence-corrected chi connectivity index (χ3v) is 5.43. The van der Waals surface area contributed by atoms with Crippen LogP contribution in [-0.2, 0) is 14.3 Å². The van der Waals surface area contributed by atoms with Crippen LogP contribution in [0.3, 0.4) is 0 Å². The van der Waals surface area contributed by atoms with Crippen molar-refractivity contribution in [3.05, 3.63) is 18.3 Å². The Hall–Kier alpha value is -2.22. The summed E-state index contributed by atoms with van der Waals surface area (Å²) in [5, 5.41) is 7.72. The smallest absolute Gasteiger partial charge is 0.233 e. The van der Waals surface area contributed by atoms with Crippen molar-refractivity contribution in [2.45, 2.75) is 37.8 Å². The molecule has 4 heterocycles. The van der Waals surface area contributed by atoms with Crippen LogP contribution in [0.4, 0.5) is 0 Å². The minimum absolute atomic E-state index is 0.0677. The number of ether oxygens (including phenoxy) is 2. The van der Waals surface area contributed by atoms with Crippen molar-refractivity contribution in [3.8, 4) is 5.88 Å². The van der Waals surface area contributed by atoms with Gasteiger partial charge < -0.3 is 19.3 Å². The first-order valence-electron chi connectivity index (χ1n) is 9.31. The number of carbonyl (C=O) groups excluding carboxylic acids is 2. The van der Waals surface area contributed by atoms with Gasteiger partial charge in [-0.2, -0.15) is 5.10 Å². The van der Waals surface area contributed by atoms with Crippen LogP contribution in [-0.4, -0.2) is 76.8 Å². The van der Waals surface area contributed by atoms with Gasteiger partial charge in [-0.1, -0.05) is 0 Å². The van der Waals surface area contributed by atoms with E-state index in [1.54, 1.807) is 18.3 Å². The van der Waals surface area contributed by atoms with E-state index in [2.05, 4.69) is 10.2 Å². The highest BCUT2D eigenvalue weighted by Crippen LogP contribution is 2.27. The van der Waals surface area contributed by atoms with E-state index in [-0.39, 0.29) is 29.9 Å². The molecule has 0 aliphatic carbocycles. The fourth-order valence-corrected chi connectivity index (χ4v) is 4.05. The molecule has 0 radical (unpaired) electrons. The molecular weight excluding hydrogens is 336 g/mol. The Morgan fingerprint density at radius 3 is 2.85 bits per heavy atom. The molecule has 3 fully saturated rings. The molecule has 0 saturated carbocycles. The van der Waals surface area contributed by atoms with Crippen molar-refractivity contribution >= 4 is 11.8 Å². The van der Waals surface area contributed by atoms with Gasteiger partial charge in [0.25, 0.3) is 0 Å². The molecule has 2 amide bonds. The average molecular weight is 360 g/mol. The molecule has 8 heteroatoms. The van der Waals surface area contributed by atoms with Gasteiger partial charge in [0.15, 0.2) is 0 Å². The molecule has 0 spiro atoms. The quantitative estimate of drug-likeness (QED) is 0.777. The summed E-state index contributed by atoms with van der Waals surface area (Å²) in [6.45, 7) is 3.12. The summed E-state index contributed by atoms with van der Waals surface area (Å²) in [6, 6.07) is 3.76. The molecule has 0 N–H and O–H groups in total. The second-order valence-corrected chi connectivity index (χ2v) is 7.17. The lowest BCUT2D eigenvalue weighted by Gasteiger charge is -2.31. The summed E-state index contributed by atoms with van der Waals surface area (Å²) in [5.74, 6) is 0.411. The van der Waals surface area contributed by atoms with Gasteiger partial charge in [0.2, 0.25) is 17.7 Å².